The third-order valence-corrected chi connectivity index (χ3v) is 6.94. The van der Waals surface area contributed by atoms with E-state index in [1.165, 1.54) is 12.8 Å². The minimum absolute atomic E-state index is 0.177. The van der Waals surface area contributed by atoms with E-state index in [0.29, 0.717) is 11.8 Å². The molecule has 1 atom stereocenters. The third kappa shape index (κ3) is 5.37. The fourth-order valence-electron chi connectivity index (χ4n) is 5.45. The first kappa shape index (κ1) is 21.4. The monoisotopic (exact) mass is 389 g/mol. The standard InChI is InChI=1S/C23H39N3O2/c1-25(2)18-23(13-6-3-7-14-23)22(28)24-15-12-19-9-8-16-26(17-19)21(27)20-10-4-5-11-20/h4-5,19-20H,3,6-18H2,1-2H3,(H,24,28). The van der Waals surface area contributed by atoms with Gasteiger partial charge in [-0.1, -0.05) is 31.4 Å². The fourth-order valence-corrected chi connectivity index (χ4v) is 5.45. The molecule has 1 aliphatic heterocycles. The second kappa shape index (κ2) is 9.91. The molecule has 28 heavy (non-hydrogen) atoms. The second-order valence-corrected chi connectivity index (χ2v) is 9.56. The van der Waals surface area contributed by atoms with Gasteiger partial charge >= 0.3 is 0 Å². The van der Waals surface area contributed by atoms with E-state index in [-0.39, 0.29) is 17.2 Å². The Morgan fingerprint density at radius 3 is 2.50 bits per heavy atom. The molecular formula is C23H39N3O2. The molecule has 3 rings (SSSR count). The van der Waals surface area contributed by atoms with Crippen LogP contribution in [-0.4, -0.2) is 61.9 Å². The summed E-state index contributed by atoms with van der Waals surface area (Å²) in [6.45, 7) is 3.36. The van der Waals surface area contributed by atoms with E-state index in [4.69, 9.17) is 0 Å². The first-order chi connectivity index (χ1) is 13.5. The molecule has 5 heteroatoms. The minimum Gasteiger partial charge on any atom is -0.356 e. The maximum Gasteiger partial charge on any atom is 0.227 e. The van der Waals surface area contributed by atoms with Gasteiger partial charge in [0.1, 0.15) is 0 Å². The van der Waals surface area contributed by atoms with Crippen LogP contribution in [0.1, 0.15) is 64.2 Å². The normalized spacial score (nSPS) is 25.2. The van der Waals surface area contributed by atoms with E-state index in [2.05, 4.69) is 41.4 Å². The topological polar surface area (TPSA) is 52.7 Å². The number of hydrogen-bond acceptors (Lipinski definition) is 3. The van der Waals surface area contributed by atoms with Crippen molar-refractivity contribution in [2.75, 3.05) is 40.3 Å². The van der Waals surface area contributed by atoms with Crippen molar-refractivity contribution in [1.82, 2.24) is 15.1 Å². The molecule has 0 aromatic heterocycles. The molecule has 1 saturated heterocycles. The Morgan fingerprint density at radius 2 is 1.82 bits per heavy atom. The lowest BCUT2D eigenvalue weighted by Crippen LogP contribution is -2.49. The summed E-state index contributed by atoms with van der Waals surface area (Å²) in [5, 5.41) is 3.27. The number of likely N-dealkylation sites (tertiary alicyclic amines) is 1. The molecule has 1 saturated carbocycles. The van der Waals surface area contributed by atoms with E-state index in [0.717, 1.165) is 77.5 Å². The van der Waals surface area contributed by atoms with Crippen molar-refractivity contribution in [2.45, 2.75) is 64.2 Å². The smallest absolute Gasteiger partial charge is 0.227 e. The molecule has 2 fully saturated rings. The van der Waals surface area contributed by atoms with Gasteiger partial charge in [-0.2, -0.15) is 0 Å². The zero-order valence-corrected chi connectivity index (χ0v) is 17.9. The zero-order chi connectivity index (χ0) is 20.0. The average Bonchev–Trinajstić information content (AvgIpc) is 3.22. The summed E-state index contributed by atoms with van der Waals surface area (Å²) in [4.78, 5) is 30.0. The van der Waals surface area contributed by atoms with Gasteiger partial charge in [0, 0.05) is 32.1 Å². The van der Waals surface area contributed by atoms with E-state index >= 15 is 0 Å². The average molecular weight is 390 g/mol. The lowest BCUT2D eigenvalue weighted by Gasteiger charge is -2.38. The van der Waals surface area contributed by atoms with Crippen LogP contribution in [0.5, 0.6) is 0 Å². The molecule has 2 aliphatic carbocycles. The molecule has 1 unspecified atom stereocenters. The van der Waals surface area contributed by atoms with E-state index < -0.39 is 0 Å². The summed E-state index contributed by atoms with van der Waals surface area (Å²) in [6.07, 6.45) is 14.9. The Morgan fingerprint density at radius 1 is 1.11 bits per heavy atom. The predicted octanol–water partition coefficient (Wildman–Crippen LogP) is 3.21. The molecule has 158 valence electrons. The van der Waals surface area contributed by atoms with Gasteiger partial charge in [-0.15, -0.1) is 0 Å². The summed E-state index contributed by atoms with van der Waals surface area (Å²) in [5.41, 5.74) is -0.203. The quantitative estimate of drug-likeness (QED) is 0.680. The molecule has 3 aliphatic rings. The van der Waals surface area contributed by atoms with Crippen LogP contribution in [0.25, 0.3) is 0 Å². The largest absolute Gasteiger partial charge is 0.356 e. The summed E-state index contributed by atoms with van der Waals surface area (Å²) in [6, 6.07) is 0. The highest BCUT2D eigenvalue weighted by atomic mass is 16.2. The molecule has 1 heterocycles. The van der Waals surface area contributed by atoms with Gasteiger partial charge in [0.05, 0.1) is 5.41 Å². The van der Waals surface area contributed by atoms with Crippen molar-refractivity contribution in [1.29, 1.82) is 0 Å². The number of carbonyl (C=O) groups excluding carboxylic acids is 2. The maximum atomic E-state index is 13.0. The maximum absolute atomic E-state index is 13.0. The molecule has 2 amide bonds. The van der Waals surface area contributed by atoms with Gasteiger partial charge in [0.25, 0.3) is 0 Å². The Balaban J connectivity index is 1.45. The molecule has 1 N–H and O–H groups in total. The molecule has 0 bridgehead atoms. The lowest BCUT2D eigenvalue weighted by molar-refractivity contribution is -0.137. The summed E-state index contributed by atoms with van der Waals surface area (Å²) < 4.78 is 0. The van der Waals surface area contributed by atoms with Gasteiger partial charge in [-0.05, 0) is 65.0 Å². The Labute approximate surface area is 170 Å². The SMILES string of the molecule is CN(C)CC1(C(=O)NCCC2CCCN(C(=O)C3CC=CC3)C2)CCCCC1. The van der Waals surface area contributed by atoms with E-state index in [9.17, 15) is 9.59 Å². The molecular weight excluding hydrogens is 350 g/mol. The van der Waals surface area contributed by atoms with E-state index in [1.807, 2.05) is 0 Å². The highest BCUT2D eigenvalue weighted by Gasteiger charge is 2.39. The summed E-state index contributed by atoms with van der Waals surface area (Å²) in [5.74, 6) is 1.28. The summed E-state index contributed by atoms with van der Waals surface area (Å²) in [7, 11) is 4.13. The Bertz CT molecular complexity index is 558. The number of allylic oxidation sites excluding steroid dienone is 2. The van der Waals surface area contributed by atoms with Crippen molar-refractivity contribution in [3.63, 3.8) is 0 Å². The molecule has 5 nitrogen and oxygen atoms in total. The minimum atomic E-state index is -0.203. The van der Waals surface area contributed by atoms with Gasteiger partial charge in [0.2, 0.25) is 11.8 Å². The third-order valence-electron chi connectivity index (χ3n) is 6.94. The first-order valence-corrected chi connectivity index (χ1v) is 11.4. The summed E-state index contributed by atoms with van der Waals surface area (Å²) >= 11 is 0. The number of rotatable bonds is 7. The molecule has 0 aromatic rings. The highest BCUT2D eigenvalue weighted by Crippen LogP contribution is 2.37. The van der Waals surface area contributed by atoms with Crippen LogP contribution in [0.3, 0.4) is 0 Å². The molecule has 0 aromatic carbocycles. The van der Waals surface area contributed by atoms with Gasteiger partial charge in [-0.3, -0.25) is 9.59 Å². The number of carbonyl (C=O) groups is 2. The van der Waals surface area contributed by atoms with Gasteiger partial charge < -0.3 is 15.1 Å². The fraction of sp³-hybridized carbons (Fsp3) is 0.826. The van der Waals surface area contributed by atoms with E-state index in [1.54, 1.807) is 0 Å². The van der Waals surface area contributed by atoms with Crippen molar-refractivity contribution in [3.8, 4) is 0 Å². The lowest BCUT2D eigenvalue weighted by atomic mass is 9.73. The number of nitrogens with zero attached hydrogens (tertiary/aromatic N) is 2. The zero-order valence-electron chi connectivity index (χ0n) is 17.9. The van der Waals surface area contributed by atoms with Crippen LogP contribution in [0.2, 0.25) is 0 Å². The van der Waals surface area contributed by atoms with Crippen molar-refractivity contribution in [3.05, 3.63) is 12.2 Å². The Hall–Kier alpha value is -1.36. The van der Waals surface area contributed by atoms with Crippen LogP contribution in [-0.2, 0) is 9.59 Å². The number of amides is 2. The van der Waals surface area contributed by atoms with Gasteiger partial charge in [-0.25, -0.2) is 0 Å². The number of hydrogen-bond donors (Lipinski definition) is 1. The van der Waals surface area contributed by atoms with Crippen molar-refractivity contribution >= 4 is 11.8 Å². The van der Waals surface area contributed by atoms with Gasteiger partial charge in [0.15, 0.2) is 0 Å². The number of piperidine rings is 1. The Kier molecular flexibility index (Phi) is 7.55. The second-order valence-electron chi connectivity index (χ2n) is 9.56. The van der Waals surface area contributed by atoms with Crippen molar-refractivity contribution < 1.29 is 9.59 Å². The van der Waals surface area contributed by atoms with Crippen LogP contribution >= 0.6 is 0 Å². The first-order valence-electron chi connectivity index (χ1n) is 11.4. The van der Waals surface area contributed by atoms with Crippen LogP contribution in [0.4, 0.5) is 0 Å². The molecule has 0 spiro atoms. The van der Waals surface area contributed by atoms with Crippen LogP contribution < -0.4 is 5.32 Å². The van der Waals surface area contributed by atoms with Crippen LogP contribution in [0.15, 0.2) is 12.2 Å². The van der Waals surface area contributed by atoms with Crippen molar-refractivity contribution in [2.24, 2.45) is 17.3 Å². The predicted molar refractivity (Wildman–Crippen MR) is 113 cm³/mol. The number of nitrogens with one attached hydrogen (secondary N) is 1. The van der Waals surface area contributed by atoms with Crippen LogP contribution in [0, 0.1) is 17.3 Å². The highest BCUT2D eigenvalue weighted by molar-refractivity contribution is 5.83. The molecule has 0 radical (unpaired) electrons.